The lowest BCUT2D eigenvalue weighted by Crippen LogP contribution is -2.41. The number of nitrogens with one attached hydrogen (secondary N) is 2. The summed E-state index contributed by atoms with van der Waals surface area (Å²) in [6, 6.07) is 0.287. The average Bonchev–Trinajstić information content (AvgIpc) is 3.10. The van der Waals surface area contributed by atoms with E-state index in [9.17, 15) is 14.4 Å². The van der Waals surface area contributed by atoms with Crippen molar-refractivity contribution in [1.82, 2.24) is 15.2 Å². The Morgan fingerprint density at radius 3 is 2.90 bits per heavy atom. The first-order valence-corrected chi connectivity index (χ1v) is 10.7. The monoisotopic (exact) mass is 411 g/mol. The molecule has 2 heterocycles. The van der Waals surface area contributed by atoms with Crippen molar-refractivity contribution in [3.8, 4) is 0 Å². The number of rotatable bonds is 4. The van der Waals surface area contributed by atoms with Crippen LogP contribution in [0.25, 0.3) is 5.70 Å². The van der Waals surface area contributed by atoms with Gasteiger partial charge in [0.2, 0.25) is 11.6 Å². The second-order valence-corrected chi connectivity index (χ2v) is 9.21. The first-order valence-electron chi connectivity index (χ1n) is 10.7. The molecular weight excluding hydrogens is 382 g/mol. The molecule has 1 aliphatic heterocycles. The molecule has 0 saturated carbocycles. The highest BCUT2D eigenvalue weighted by atomic mass is 16.6. The number of nitrogens with zero attached hydrogens (tertiary/aromatic N) is 1. The first-order chi connectivity index (χ1) is 14.2. The Labute approximate surface area is 176 Å². The molecule has 7 nitrogen and oxygen atoms in total. The summed E-state index contributed by atoms with van der Waals surface area (Å²) >= 11 is 0. The number of carbonyl (C=O) groups is 3. The zero-order valence-electron chi connectivity index (χ0n) is 17.8. The van der Waals surface area contributed by atoms with Crippen LogP contribution in [0.5, 0.6) is 0 Å². The summed E-state index contributed by atoms with van der Waals surface area (Å²) in [5.74, 6) is -0.898. The molecule has 4 rings (SSSR count). The van der Waals surface area contributed by atoms with Crippen LogP contribution in [0.1, 0.15) is 68.1 Å². The zero-order chi connectivity index (χ0) is 21.5. The van der Waals surface area contributed by atoms with Crippen molar-refractivity contribution in [3.63, 3.8) is 0 Å². The smallest absolute Gasteiger partial charge is 0.407 e. The molecule has 2 N–H and O–H groups in total. The Morgan fingerprint density at radius 1 is 1.33 bits per heavy atom. The maximum atomic E-state index is 12.2. The number of H-pyrrole nitrogens is 1. The van der Waals surface area contributed by atoms with Gasteiger partial charge in [-0.1, -0.05) is 11.6 Å². The lowest BCUT2D eigenvalue weighted by molar-refractivity contribution is -0.111. The number of hydrogen-bond donors (Lipinski definition) is 2. The Kier molecular flexibility index (Phi) is 5.30. The van der Waals surface area contributed by atoms with E-state index in [1.165, 1.54) is 11.6 Å². The summed E-state index contributed by atoms with van der Waals surface area (Å²) in [5.41, 5.74) is 4.15. The zero-order valence-corrected chi connectivity index (χ0v) is 17.8. The largest absolute Gasteiger partial charge is 0.444 e. The molecule has 160 valence electrons. The molecule has 2 aliphatic carbocycles. The molecule has 1 aromatic heterocycles. The molecule has 3 aliphatic rings. The van der Waals surface area contributed by atoms with Gasteiger partial charge in [-0.25, -0.2) is 4.79 Å². The minimum atomic E-state index is -0.504. The number of carbonyl (C=O) groups excluding carboxylic acids is 3. The topological polar surface area (TPSA) is 91.5 Å². The molecule has 1 amide bonds. The van der Waals surface area contributed by atoms with E-state index in [0.717, 1.165) is 55.5 Å². The molecule has 0 radical (unpaired) electrons. The number of allylic oxidation sites excluding steroid dienone is 2. The van der Waals surface area contributed by atoms with Gasteiger partial charge in [-0.05, 0) is 58.4 Å². The molecular formula is C23H29N3O4. The Balaban J connectivity index is 1.40. The Bertz CT molecular complexity index is 948. The van der Waals surface area contributed by atoms with E-state index in [0.29, 0.717) is 12.2 Å². The third-order valence-electron chi connectivity index (χ3n) is 5.85. The van der Waals surface area contributed by atoms with E-state index in [2.05, 4.69) is 21.3 Å². The number of aromatic amines is 1. The first kappa shape index (κ1) is 20.4. The molecule has 0 bridgehead atoms. The van der Waals surface area contributed by atoms with Gasteiger partial charge in [0.15, 0.2) is 0 Å². The number of amides is 1. The third kappa shape index (κ3) is 4.06. The lowest BCUT2D eigenvalue weighted by Gasteiger charge is -2.41. The number of aromatic nitrogens is 1. The van der Waals surface area contributed by atoms with Gasteiger partial charge >= 0.3 is 6.09 Å². The van der Waals surface area contributed by atoms with E-state index in [4.69, 9.17) is 4.74 Å². The van der Waals surface area contributed by atoms with E-state index in [1.54, 1.807) is 0 Å². The number of ether oxygens (including phenoxy) is 1. The van der Waals surface area contributed by atoms with Crippen LogP contribution >= 0.6 is 0 Å². The summed E-state index contributed by atoms with van der Waals surface area (Å²) < 4.78 is 5.29. The lowest BCUT2D eigenvalue weighted by atomic mass is 9.86. The van der Waals surface area contributed by atoms with Crippen LogP contribution < -0.4 is 5.32 Å². The highest BCUT2D eigenvalue weighted by Crippen LogP contribution is 2.39. The maximum absolute atomic E-state index is 12.2. The molecule has 0 fully saturated rings. The third-order valence-corrected chi connectivity index (χ3v) is 5.85. The van der Waals surface area contributed by atoms with Gasteiger partial charge in [-0.2, -0.15) is 0 Å². The minimum absolute atomic E-state index is 0.287. The van der Waals surface area contributed by atoms with Crippen molar-refractivity contribution in [2.24, 2.45) is 0 Å². The fourth-order valence-electron chi connectivity index (χ4n) is 4.56. The number of hydrogen-bond acceptors (Lipinski definition) is 5. The second kappa shape index (κ2) is 7.78. The summed E-state index contributed by atoms with van der Waals surface area (Å²) in [7, 11) is 0. The van der Waals surface area contributed by atoms with Crippen LogP contribution in [-0.4, -0.2) is 52.3 Å². The summed E-state index contributed by atoms with van der Waals surface area (Å²) in [5, 5.41) is 2.82. The van der Waals surface area contributed by atoms with Gasteiger partial charge < -0.3 is 19.9 Å². The van der Waals surface area contributed by atoms with Crippen molar-refractivity contribution in [2.45, 2.75) is 64.5 Å². The fourth-order valence-corrected chi connectivity index (χ4v) is 4.56. The van der Waals surface area contributed by atoms with Crippen LogP contribution in [0, 0.1) is 0 Å². The molecule has 7 heteroatoms. The Hall–Kier alpha value is -2.83. The van der Waals surface area contributed by atoms with Gasteiger partial charge in [-0.3, -0.25) is 9.59 Å². The molecule has 1 unspecified atom stereocenters. The van der Waals surface area contributed by atoms with Crippen LogP contribution in [-0.2, 0) is 16.0 Å². The molecule has 1 atom stereocenters. The van der Waals surface area contributed by atoms with E-state index < -0.39 is 23.3 Å². The van der Waals surface area contributed by atoms with Crippen molar-refractivity contribution in [3.05, 3.63) is 40.7 Å². The average molecular weight is 412 g/mol. The van der Waals surface area contributed by atoms with Crippen LogP contribution in [0.2, 0.25) is 0 Å². The predicted molar refractivity (Wildman–Crippen MR) is 113 cm³/mol. The number of Topliss-reactive ketones (excluding diaryl/α,β-unsaturated/α-hetero) is 1. The maximum Gasteiger partial charge on any atom is 0.407 e. The molecule has 1 aromatic rings. The Morgan fingerprint density at radius 2 is 2.13 bits per heavy atom. The van der Waals surface area contributed by atoms with Crippen LogP contribution in [0.3, 0.4) is 0 Å². The fraction of sp³-hybridized carbons (Fsp3) is 0.522. The minimum Gasteiger partial charge on any atom is -0.444 e. The molecule has 0 spiro atoms. The summed E-state index contributed by atoms with van der Waals surface area (Å²) in [4.78, 5) is 41.6. The van der Waals surface area contributed by atoms with Gasteiger partial charge in [0.1, 0.15) is 11.3 Å². The summed E-state index contributed by atoms with van der Waals surface area (Å²) in [6.45, 7) is 6.91. The van der Waals surface area contributed by atoms with Crippen molar-refractivity contribution in [2.75, 3.05) is 13.1 Å². The van der Waals surface area contributed by atoms with Crippen LogP contribution in [0.15, 0.2) is 23.9 Å². The molecule has 0 aromatic carbocycles. The van der Waals surface area contributed by atoms with Crippen LogP contribution in [0.4, 0.5) is 4.79 Å². The van der Waals surface area contributed by atoms with Gasteiger partial charge in [-0.15, -0.1) is 0 Å². The van der Waals surface area contributed by atoms with Gasteiger partial charge in [0.05, 0.1) is 5.70 Å². The SMILES string of the molecule is CC(C)(C)OC(=O)NCCC1=CCCC(N2CCc3c[nH]c4c3C2=CC(=O)C4=O)C1. The van der Waals surface area contributed by atoms with Crippen molar-refractivity contribution < 1.29 is 19.1 Å². The van der Waals surface area contributed by atoms with E-state index in [1.807, 2.05) is 27.0 Å². The normalized spacial score (nSPS) is 21.0. The second-order valence-electron chi connectivity index (χ2n) is 9.21. The summed E-state index contributed by atoms with van der Waals surface area (Å²) in [6.07, 6.45) is 9.76. The predicted octanol–water partition coefficient (Wildman–Crippen LogP) is 3.37. The number of ketones is 2. The van der Waals surface area contributed by atoms with E-state index in [-0.39, 0.29) is 6.04 Å². The standard InChI is InChI=1S/C23H29N3O4/c1-23(2,3)30-22(29)24-9-7-14-5-4-6-16(11-14)26-10-8-15-13-25-20-19(15)17(26)12-18(27)21(20)28/h5,12-13,16,25H,4,6-11H2,1-3H3,(H,24,29). The molecule has 30 heavy (non-hydrogen) atoms. The molecule has 0 saturated heterocycles. The highest BCUT2D eigenvalue weighted by molar-refractivity contribution is 6.50. The number of alkyl carbamates (subject to hydrolysis) is 1. The van der Waals surface area contributed by atoms with Gasteiger partial charge in [0, 0.05) is 37.0 Å². The van der Waals surface area contributed by atoms with Crippen molar-refractivity contribution >= 4 is 23.4 Å². The highest BCUT2D eigenvalue weighted by Gasteiger charge is 2.37. The van der Waals surface area contributed by atoms with E-state index >= 15 is 0 Å². The quantitative estimate of drug-likeness (QED) is 0.585. The van der Waals surface area contributed by atoms with Gasteiger partial charge in [0.25, 0.3) is 0 Å². The van der Waals surface area contributed by atoms with Crippen molar-refractivity contribution in [1.29, 1.82) is 0 Å².